The monoisotopic (exact) mass is 298 g/mol. The van der Waals surface area contributed by atoms with Crippen molar-refractivity contribution in [2.75, 3.05) is 32.8 Å². The van der Waals surface area contributed by atoms with Crippen LogP contribution in [0, 0.1) is 0 Å². The zero-order valence-corrected chi connectivity index (χ0v) is 12.8. The van der Waals surface area contributed by atoms with E-state index in [4.69, 9.17) is 26.8 Å². The van der Waals surface area contributed by atoms with Crippen molar-refractivity contribution in [1.82, 2.24) is 4.90 Å². The van der Waals surface area contributed by atoms with Crippen molar-refractivity contribution in [2.24, 2.45) is 5.73 Å². The van der Waals surface area contributed by atoms with Crippen LogP contribution in [0.25, 0.3) is 0 Å². The quantitative estimate of drug-likeness (QED) is 0.841. The van der Waals surface area contributed by atoms with Crippen LogP contribution in [0.5, 0.6) is 11.5 Å². The summed E-state index contributed by atoms with van der Waals surface area (Å²) in [6.07, 6.45) is 2.58. The average Bonchev–Trinajstić information content (AvgIpc) is 2.95. The molecule has 1 aromatic carbocycles. The molecular formula is C15H23ClN2O2. The fourth-order valence-corrected chi connectivity index (χ4v) is 2.71. The minimum atomic E-state index is 0.438. The summed E-state index contributed by atoms with van der Waals surface area (Å²) in [5.41, 5.74) is 6.60. The summed E-state index contributed by atoms with van der Waals surface area (Å²) in [6.45, 7) is 6.85. The van der Waals surface area contributed by atoms with E-state index in [1.54, 1.807) is 0 Å². The fraction of sp³-hybridized carbons (Fsp3) is 0.600. The van der Waals surface area contributed by atoms with Gasteiger partial charge in [0, 0.05) is 13.1 Å². The van der Waals surface area contributed by atoms with Crippen LogP contribution in [0.3, 0.4) is 0 Å². The standard InChI is InChI=1S/C15H23ClN2O2/c1-2-19-14-10-12(11-17)9-13(16)15(14)20-8-7-18-5-3-4-6-18/h9-10H,2-8,11,17H2,1H3. The molecule has 0 unspecified atom stereocenters. The number of nitrogens with two attached hydrogens (primary N) is 1. The molecule has 0 bridgehead atoms. The first-order valence-corrected chi connectivity index (χ1v) is 7.62. The maximum Gasteiger partial charge on any atom is 0.179 e. The molecule has 1 heterocycles. The summed E-state index contributed by atoms with van der Waals surface area (Å²) in [5, 5.41) is 0.567. The molecule has 1 aromatic rings. The minimum Gasteiger partial charge on any atom is -0.490 e. The Labute approximate surface area is 125 Å². The average molecular weight is 299 g/mol. The SMILES string of the molecule is CCOc1cc(CN)cc(Cl)c1OCCN1CCCC1. The first-order chi connectivity index (χ1) is 9.74. The zero-order chi connectivity index (χ0) is 14.4. The maximum atomic E-state index is 6.27. The van der Waals surface area contributed by atoms with Crippen molar-refractivity contribution in [3.05, 3.63) is 22.7 Å². The number of likely N-dealkylation sites (tertiary alicyclic amines) is 1. The normalized spacial score (nSPS) is 15.6. The summed E-state index contributed by atoms with van der Waals surface area (Å²) in [7, 11) is 0. The Kier molecular flexibility index (Phi) is 5.95. The predicted octanol–water partition coefficient (Wildman–Crippen LogP) is 2.67. The van der Waals surface area contributed by atoms with Gasteiger partial charge < -0.3 is 15.2 Å². The van der Waals surface area contributed by atoms with Gasteiger partial charge in [0.1, 0.15) is 6.61 Å². The van der Waals surface area contributed by atoms with Gasteiger partial charge in [-0.2, -0.15) is 0 Å². The zero-order valence-electron chi connectivity index (χ0n) is 12.0. The highest BCUT2D eigenvalue weighted by Crippen LogP contribution is 2.36. The Balaban J connectivity index is 2.00. The Bertz CT molecular complexity index is 434. The smallest absolute Gasteiger partial charge is 0.179 e. The molecule has 2 N–H and O–H groups in total. The van der Waals surface area contributed by atoms with Crippen LogP contribution in [0.1, 0.15) is 25.3 Å². The van der Waals surface area contributed by atoms with Crippen molar-refractivity contribution >= 4 is 11.6 Å². The van der Waals surface area contributed by atoms with E-state index >= 15 is 0 Å². The molecule has 112 valence electrons. The first-order valence-electron chi connectivity index (χ1n) is 7.25. The van der Waals surface area contributed by atoms with E-state index in [9.17, 15) is 0 Å². The van der Waals surface area contributed by atoms with Gasteiger partial charge in [-0.25, -0.2) is 0 Å². The molecule has 0 aliphatic carbocycles. The third-order valence-corrected chi connectivity index (χ3v) is 3.74. The number of nitrogens with zero attached hydrogens (tertiary/aromatic N) is 1. The molecule has 0 saturated carbocycles. The molecule has 2 rings (SSSR count). The number of halogens is 1. The molecule has 1 saturated heterocycles. The van der Waals surface area contributed by atoms with E-state index < -0.39 is 0 Å². The molecule has 4 nitrogen and oxygen atoms in total. The van der Waals surface area contributed by atoms with E-state index in [0.29, 0.717) is 36.3 Å². The molecule has 1 aliphatic heterocycles. The second-order valence-electron chi connectivity index (χ2n) is 4.94. The number of benzene rings is 1. The Morgan fingerprint density at radius 2 is 2.00 bits per heavy atom. The number of ether oxygens (including phenoxy) is 2. The van der Waals surface area contributed by atoms with Crippen LogP contribution in [0.4, 0.5) is 0 Å². The number of hydrogen-bond acceptors (Lipinski definition) is 4. The minimum absolute atomic E-state index is 0.438. The Morgan fingerprint density at radius 3 is 2.65 bits per heavy atom. The summed E-state index contributed by atoms with van der Waals surface area (Å²) in [4.78, 5) is 2.41. The summed E-state index contributed by atoms with van der Waals surface area (Å²) < 4.78 is 11.4. The number of hydrogen-bond donors (Lipinski definition) is 1. The van der Waals surface area contributed by atoms with Crippen LogP contribution in [0.2, 0.25) is 5.02 Å². The topological polar surface area (TPSA) is 47.7 Å². The van der Waals surface area contributed by atoms with E-state index in [0.717, 1.165) is 12.1 Å². The second kappa shape index (κ2) is 7.72. The van der Waals surface area contributed by atoms with E-state index in [1.165, 1.54) is 25.9 Å². The van der Waals surface area contributed by atoms with Gasteiger partial charge in [0.2, 0.25) is 0 Å². The van der Waals surface area contributed by atoms with E-state index in [2.05, 4.69) is 4.90 Å². The van der Waals surface area contributed by atoms with E-state index in [-0.39, 0.29) is 0 Å². The Hall–Kier alpha value is -0.970. The highest BCUT2D eigenvalue weighted by molar-refractivity contribution is 6.32. The molecule has 5 heteroatoms. The maximum absolute atomic E-state index is 6.27. The van der Waals surface area contributed by atoms with Crippen molar-refractivity contribution in [1.29, 1.82) is 0 Å². The molecule has 0 atom stereocenters. The third kappa shape index (κ3) is 4.01. The van der Waals surface area contributed by atoms with Gasteiger partial charge in [0.05, 0.1) is 11.6 Å². The van der Waals surface area contributed by atoms with Gasteiger partial charge in [-0.05, 0) is 50.6 Å². The molecule has 1 fully saturated rings. The summed E-state index contributed by atoms with van der Waals surface area (Å²) in [5.74, 6) is 1.31. The lowest BCUT2D eigenvalue weighted by Crippen LogP contribution is -2.25. The Morgan fingerprint density at radius 1 is 1.25 bits per heavy atom. The van der Waals surface area contributed by atoms with Gasteiger partial charge >= 0.3 is 0 Å². The van der Waals surface area contributed by atoms with Crippen LogP contribution in [-0.4, -0.2) is 37.7 Å². The first kappa shape index (κ1) is 15.4. The van der Waals surface area contributed by atoms with Gasteiger partial charge in [-0.3, -0.25) is 4.90 Å². The highest BCUT2D eigenvalue weighted by Gasteiger charge is 2.14. The van der Waals surface area contributed by atoms with Gasteiger partial charge in [-0.1, -0.05) is 11.6 Å². The lowest BCUT2D eigenvalue weighted by molar-refractivity contribution is 0.226. The van der Waals surface area contributed by atoms with Crippen LogP contribution >= 0.6 is 11.6 Å². The lowest BCUT2D eigenvalue weighted by atomic mass is 10.2. The molecular weight excluding hydrogens is 276 g/mol. The van der Waals surface area contributed by atoms with Crippen molar-refractivity contribution in [3.8, 4) is 11.5 Å². The number of rotatable bonds is 7. The summed E-state index contributed by atoms with van der Waals surface area (Å²) in [6, 6.07) is 3.75. The second-order valence-corrected chi connectivity index (χ2v) is 5.35. The largest absolute Gasteiger partial charge is 0.490 e. The third-order valence-electron chi connectivity index (χ3n) is 3.46. The van der Waals surface area contributed by atoms with Gasteiger partial charge in [0.15, 0.2) is 11.5 Å². The van der Waals surface area contributed by atoms with Crippen LogP contribution < -0.4 is 15.2 Å². The van der Waals surface area contributed by atoms with Crippen molar-refractivity contribution in [2.45, 2.75) is 26.3 Å². The van der Waals surface area contributed by atoms with E-state index in [1.807, 2.05) is 19.1 Å². The lowest BCUT2D eigenvalue weighted by Gasteiger charge is -2.18. The highest BCUT2D eigenvalue weighted by atomic mass is 35.5. The summed E-state index contributed by atoms with van der Waals surface area (Å²) >= 11 is 6.27. The van der Waals surface area contributed by atoms with Crippen molar-refractivity contribution in [3.63, 3.8) is 0 Å². The molecule has 0 radical (unpaired) electrons. The van der Waals surface area contributed by atoms with Crippen molar-refractivity contribution < 1.29 is 9.47 Å². The van der Waals surface area contributed by atoms with Gasteiger partial charge in [-0.15, -0.1) is 0 Å². The van der Waals surface area contributed by atoms with Gasteiger partial charge in [0.25, 0.3) is 0 Å². The predicted molar refractivity (Wildman–Crippen MR) is 81.7 cm³/mol. The molecule has 0 amide bonds. The molecule has 0 aromatic heterocycles. The molecule has 20 heavy (non-hydrogen) atoms. The molecule has 0 spiro atoms. The van der Waals surface area contributed by atoms with Crippen LogP contribution in [-0.2, 0) is 6.54 Å². The fourth-order valence-electron chi connectivity index (χ4n) is 2.43. The van der Waals surface area contributed by atoms with Crippen LogP contribution in [0.15, 0.2) is 12.1 Å². The molecule has 1 aliphatic rings.